The summed E-state index contributed by atoms with van der Waals surface area (Å²) in [6.07, 6.45) is 0. The van der Waals surface area contributed by atoms with E-state index in [9.17, 15) is 4.79 Å². The summed E-state index contributed by atoms with van der Waals surface area (Å²) in [5.74, 6) is -0.363. The van der Waals surface area contributed by atoms with Crippen molar-refractivity contribution in [2.75, 3.05) is 0 Å². The second-order valence-electron chi connectivity index (χ2n) is 5.41. The first-order chi connectivity index (χ1) is 11.3. The van der Waals surface area contributed by atoms with Crippen LogP contribution in [-0.4, -0.2) is 5.97 Å². The molecule has 0 saturated heterocycles. The lowest BCUT2D eigenvalue weighted by atomic mass is 9.97. The quantitative estimate of drug-likeness (QED) is 0.533. The van der Waals surface area contributed by atoms with Crippen LogP contribution in [0.25, 0.3) is 11.1 Å². The third kappa shape index (κ3) is 2.36. The van der Waals surface area contributed by atoms with Crippen LogP contribution in [0.15, 0.2) is 78.9 Å². The van der Waals surface area contributed by atoms with Crippen molar-refractivity contribution in [2.24, 2.45) is 0 Å². The zero-order valence-corrected chi connectivity index (χ0v) is 12.3. The summed E-state index contributed by atoms with van der Waals surface area (Å²) in [6, 6.07) is 24.8. The Hall–Kier alpha value is -3.07. The van der Waals surface area contributed by atoms with E-state index in [4.69, 9.17) is 9.78 Å². The first-order valence-corrected chi connectivity index (χ1v) is 7.46. The number of hydrogen-bond donors (Lipinski definition) is 0. The van der Waals surface area contributed by atoms with Crippen molar-refractivity contribution in [3.05, 3.63) is 90.0 Å². The molecule has 0 heterocycles. The number of carbonyl (C=O) groups excluding carboxylic acids is 1. The molecular weight excluding hydrogens is 288 g/mol. The molecule has 23 heavy (non-hydrogen) atoms. The zero-order chi connectivity index (χ0) is 15.6. The summed E-state index contributed by atoms with van der Waals surface area (Å²) in [5.41, 5.74) is 4.06. The van der Waals surface area contributed by atoms with Crippen molar-refractivity contribution in [1.82, 2.24) is 0 Å². The molecule has 0 atom stereocenters. The van der Waals surface area contributed by atoms with Gasteiger partial charge in [-0.05, 0) is 34.4 Å². The van der Waals surface area contributed by atoms with Crippen LogP contribution in [0.4, 0.5) is 0 Å². The lowest BCUT2D eigenvalue weighted by Gasteiger charge is -2.11. The molecule has 0 radical (unpaired) electrons. The second kappa shape index (κ2) is 5.61. The molecule has 0 N–H and O–H groups in total. The minimum Gasteiger partial charge on any atom is -0.287 e. The summed E-state index contributed by atoms with van der Waals surface area (Å²) in [7, 11) is 0. The fourth-order valence-corrected chi connectivity index (χ4v) is 3.02. The standard InChI is InChI=1S/C20H14O3/c21-20(23-22-14-8-2-1-3-9-14)19-17-12-6-4-10-15(17)16-11-5-7-13-18(16)19/h1-13,19H. The van der Waals surface area contributed by atoms with Gasteiger partial charge in [0, 0.05) is 0 Å². The predicted octanol–water partition coefficient (Wildman–Crippen LogP) is 4.34. The summed E-state index contributed by atoms with van der Waals surface area (Å²) >= 11 is 0. The lowest BCUT2D eigenvalue weighted by Crippen LogP contribution is -2.17. The molecule has 3 heteroatoms. The summed E-state index contributed by atoms with van der Waals surface area (Å²) in [6.45, 7) is 0. The average Bonchev–Trinajstić information content (AvgIpc) is 2.95. The van der Waals surface area contributed by atoms with Crippen LogP contribution in [0.1, 0.15) is 17.0 Å². The molecule has 0 aromatic heterocycles. The highest BCUT2D eigenvalue weighted by molar-refractivity contribution is 5.93. The van der Waals surface area contributed by atoms with Crippen molar-refractivity contribution in [1.29, 1.82) is 0 Å². The zero-order valence-electron chi connectivity index (χ0n) is 12.3. The van der Waals surface area contributed by atoms with Crippen molar-refractivity contribution in [2.45, 2.75) is 5.92 Å². The Morgan fingerprint density at radius 2 is 1.22 bits per heavy atom. The van der Waals surface area contributed by atoms with Gasteiger partial charge in [-0.15, -0.1) is 0 Å². The van der Waals surface area contributed by atoms with E-state index in [1.54, 1.807) is 12.1 Å². The minimum absolute atomic E-state index is 0.411. The van der Waals surface area contributed by atoms with E-state index in [-0.39, 0.29) is 0 Å². The second-order valence-corrected chi connectivity index (χ2v) is 5.41. The van der Waals surface area contributed by atoms with Crippen LogP contribution >= 0.6 is 0 Å². The van der Waals surface area contributed by atoms with Gasteiger partial charge in [-0.2, -0.15) is 0 Å². The van der Waals surface area contributed by atoms with Crippen LogP contribution in [0.5, 0.6) is 5.75 Å². The van der Waals surface area contributed by atoms with Gasteiger partial charge >= 0.3 is 5.97 Å². The number of fused-ring (bicyclic) bond motifs is 3. The smallest absolute Gasteiger partial charge is 0.287 e. The number of para-hydroxylation sites is 1. The molecule has 0 spiro atoms. The number of benzene rings is 3. The maximum Gasteiger partial charge on any atom is 0.367 e. The fourth-order valence-electron chi connectivity index (χ4n) is 3.02. The van der Waals surface area contributed by atoms with Crippen LogP contribution in [0.3, 0.4) is 0 Å². The van der Waals surface area contributed by atoms with Gasteiger partial charge in [0.2, 0.25) is 0 Å². The van der Waals surface area contributed by atoms with Gasteiger partial charge in [-0.1, -0.05) is 66.7 Å². The van der Waals surface area contributed by atoms with Gasteiger partial charge < -0.3 is 0 Å². The maximum atomic E-state index is 12.6. The third-order valence-electron chi connectivity index (χ3n) is 4.03. The van der Waals surface area contributed by atoms with E-state index in [1.807, 2.05) is 66.7 Å². The van der Waals surface area contributed by atoms with Crippen molar-refractivity contribution < 1.29 is 14.6 Å². The van der Waals surface area contributed by atoms with Crippen molar-refractivity contribution >= 4 is 5.97 Å². The van der Waals surface area contributed by atoms with Gasteiger partial charge in [0.1, 0.15) is 5.92 Å². The first-order valence-electron chi connectivity index (χ1n) is 7.46. The molecule has 4 rings (SSSR count). The van der Waals surface area contributed by atoms with E-state index in [0.717, 1.165) is 22.3 Å². The van der Waals surface area contributed by atoms with Crippen LogP contribution in [0, 0.1) is 0 Å². The van der Waals surface area contributed by atoms with Crippen molar-refractivity contribution in [3.8, 4) is 16.9 Å². The van der Waals surface area contributed by atoms with Crippen molar-refractivity contribution in [3.63, 3.8) is 0 Å². The topological polar surface area (TPSA) is 35.5 Å². The third-order valence-corrected chi connectivity index (χ3v) is 4.03. The maximum absolute atomic E-state index is 12.6. The molecule has 0 bridgehead atoms. The van der Waals surface area contributed by atoms with Gasteiger partial charge in [0.15, 0.2) is 5.75 Å². The summed E-state index contributed by atoms with van der Waals surface area (Å²) in [5, 5.41) is 0. The lowest BCUT2D eigenvalue weighted by molar-refractivity contribution is -0.214. The van der Waals surface area contributed by atoms with Crippen LogP contribution < -0.4 is 4.89 Å². The van der Waals surface area contributed by atoms with E-state index < -0.39 is 11.9 Å². The Morgan fingerprint density at radius 3 is 1.83 bits per heavy atom. The largest absolute Gasteiger partial charge is 0.367 e. The molecular formula is C20H14O3. The molecule has 1 aliphatic carbocycles. The highest BCUT2D eigenvalue weighted by Crippen LogP contribution is 2.44. The van der Waals surface area contributed by atoms with Gasteiger partial charge in [0.05, 0.1) is 0 Å². The predicted molar refractivity (Wildman–Crippen MR) is 86.9 cm³/mol. The van der Waals surface area contributed by atoms with Gasteiger partial charge in [0.25, 0.3) is 0 Å². The van der Waals surface area contributed by atoms with E-state index in [0.29, 0.717) is 5.75 Å². The van der Waals surface area contributed by atoms with Crippen LogP contribution in [-0.2, 0) is 9.68 Å². The molecule has 0 saturated carbocycles. The monoisotopic (exact) mass is 302 g/mol. The number of rotatable bonds is 3. The SMILES string of the molecule is O=C(OOc1ccccc1)C1c2ccccc2-c2ccccc21. The Kier molecular flexibility index (Phi) is 3.31. The molecule has 0 fully saturated rings. The molecule has 3 nitrogen and oxygen atoms in total. The Bertz CT molecular complexity index is 810. The molecule has 112 valence electrons. The normalized spacial score (nSPS) is 12.3. The fraction of sp³-hybridized carbons (Fsp3) is 0.0500. The van der Waals surface area contributed by atoms with E-state index in [2.05, 4.69) is 0 Å². The molecule has 3 aromatic carbocycles. The van der Waals surface area contributed by atoms with Gasteiger partial charge in [-0.25, -0.2) is 9.68 Å². The van der Waals surface area contributed by atoms with E-state index in [1.165, 1.54) is 0 Å². The molecule has 0 amide bonds. The summed E-state index contributed by atoms with van der Waals surface area (Å²) < 4.78 is 0. The van der Waals surface area contributed by atoms with E-state index >= 15 is 0 Å². The Morgan fingerprint density at radius 1 is 0.696 bits per heavy atom. The van der Waals surface area contributed by atoms with Gasteiger partial charge in [-0.3, -0.25) is 4.89 Å². The molecule has 0 unspecified atom stereocenters. The Labute approximate surface area is 134 Å². The highest BCUT2D eigenvalue weighted by atomic mass is 17.2. The minimum atomic E-state index is -0.453. The first kappa shape index (κ1) is 13.6. The summed E-state index contributed by atoms with van der Waals surface area (Å²) in [4.78, 5) is 22.8. The highest BCUT2D eigenvalue weighted by Gasteiger charge is 2.35. The Balaban J connectivity index is 1.64. The molecule has 1 aliphatic rings. The van der Waals surface area contributed by atoms with Crippen LogP contribution in [0.2, 0.25) is 0 Å². The molecule has 0 aliphatic heterocycles. The number of hydrogen-bond acceptors (Lipinski definition) is 3. The molecule has 3 aromatic rings. The average molecular weight is 302 g/mol. The number of carbonyl (C=O) groups is 1.